The van der Waals surface area contributed by atoms with Crippen molar-refractivity contribution < 1.29 is 12.3 Å². The topological polar surface area (TPSA) is 27.7 Å². The van der Waals surface area contributed by atoms with Crippen LogP contribution in [0.4, 0.5) is 0 Å². The lowest BCUT2D eigenvalue weighted by molar-refractivity contribution is 0.328. The molecule has 12 heteroatoms. The van der Waals surface area contributed by atoms with Crippen molar-refractivity contribution >= 4 is 98.9 Å². The zero-order chi connectivity index (χ0) is 14.6. The van der Waals surface area contributed by atoms with Crippen LogP contribution >= 0.6 is 69.6 Å². The van der Waals surface area contributed by atoms with Crippen molar-refractivity contribution in [2.24, 2.45) is 0 Å². The fraction of sp³-hybridized carbons (Fsp3) is 1.00. The molecule has 0 atom stereocenters. The summed E-state index contributed by atoms with van der Waals surface area (Å²) in [6.45, 7) is 2.04. The van der Waals surface area contributed by atoms with E-state index >= 15 is 0 Å². The van der Waals surface area contributed by atoms with Gasteiger partial charge in [0.2, 0.25) is 0 Å². The largest absolute Gasteiger partial charge is 0.425 e. The van der Waals surface area contributed by atoms with Gasteiger partial charge in [-0.05, 0) is 6.55 Å². The first-order valence-electron chi connectivity index (χ1n) is 5.51. The van der Waals surface area contributed by atoms with Gasteiger partial charge in [-0.15, -0.1) is 69.6 Å². The van der Waals surface area contributed by atoms with Crippen LogP contribution in [0.3, 0.4) is 0 Å². The van der Waals surface area contributed by atoms with Crippen molar-refractivity contribution in [2.75, 3.05) is 0 Å². The van der Waals surface area contributed by atoms with Gasteiger partial charge < -0.3 is 12.3 Å². The van der Waals surface area contributed by atoms with E-state index in [2.05, 4.69) is 0 Å². The minimum Gasteiger partial charge on any atom is -0.425 e. The molecule has 1 saturated heterocycles. The molecule has 0 aromatic carbocycles. The highest BCUT2D eigenvalue weighted by atomic mass is 35.5. The Morgan fingerprint density at radius 2 is 0.947 bits per heavy atom. The Labute approximate surface area is 149 Å². The van der Waals surface area contributed by atoms with Crippen molar-refractivity contribution in [2.45, 2.75) is 38.8 Å². The molecule has 0 spiro atoms. The molecule has 2 aliphatic rings. The van der Waals surface area contributed by atoms with E-state index in [0.29, 0.717) is 0 Å². The van der Waals surface area contributed by atoms with Crippen LogP contribution in [0.5, 0.6) is 0 Å². The van der Waals surface area contributed by atoms with Crippen LogP contribution in [-0.2, 0) is 12.3 Å². The van der Waals surface area contributed by atoms with Gasteiger partial charge in [-0.1, -0.05) is 0 Å². The van der Waals surface area contributed by atoms with Crippen LogP contribution in [0.2, 0.25) is 6.55 Å². The molecule has 0 bridgehead atoms. The van der Waals surface area contributed by atoms with E-state index < -0.39 is 61.6 Å². The Balaban J connectivity index is 0.000000218. The van der Waals surface area contributed by atoms with E-state index in [4.69, 9.17) is 82.0 Å². The molecular weight excluding hydrogens is 429 g/mol. The van der Waals surface area contributed by atoms with Crippen LogP contribution in [0.15, 0.2) is 0 Å². The van der Waals surface area contributed by atoms with Crippen molar-refractivity contribution in [1.82, 2.24) is 0 Å². The SMILES string of the molecule is C[SiH]1O[SiH2]O[SiH2]O1.ClC1C(Cl)C(Cl)C(Cl)C(Cl)C1Cl. The summed E-state index contributed by atoms with van der Waals surface area (Å²) in [7, 11) is -2.18. The van der Waals surface area contributed by atoms with Crippen molar-refractivity contribution in [3.05, 3.63) is 0 Å². The normalized spacial score (nSPS) is 49.7. The molecule has 0 unspecified atom stereocenters. The summed E-state index contributed by atoms with van der Waals surface area (Å²) in [6, 6.07) is 0. The van der Waals surface area contributed by atoms with E-state index in [1.54, 1.807) is 0 Å². The zero-order valence-corrected chi connectivity index (χ0v) is 18.5. The number of hydrogen-bond acceptors (Lipinski definition) is 3. The molecule has 0 aromatic heterocycles. The molecule has 19 heavy (non-hydrogen) atoms. The first kappa shape index (κ1) is 19.3. The van der Waals surface area contributed by atoms with Gasteiger partial charge in [-0.25, -0.2) is 0 Å². The van der Waals surface area contributed by atoms with Gasteiger partial charge in [0.1, 0.15) is 0 Å². The third kappa shape index (κ3) is 5.76. The first-order valence-corrected chi connectivity index (χ1v) is 12.5. The average molecular weight is 443 g/mol. The molecule has 1 aliphatic heterocycles. The van der Waals surface area contributed by atoms with Gasteiger partial charge in [-0.3, -0.25) is 0 Å². The summed E-state index contributed by atoms with van der Waals surface area (Å²) in [5, 5.41) is -2.62. The first-order chi connectivity index (χ1) is 8.86. The molecule has 0 radical (unpaired) electrons. The second-order valence-corrected chi connectivity index (χ2v) is 12.9. The fourth-order valence-electron chi connectivity index (χ4n) is 1.42. The smallest absolute Gasteiger partial charge is 0.299 e. The highest BCUT2D eigenvalue weighted by Gasteiger charge is 2.46. The fourth-order valence-corrected chi connectivity index (χ4v) is 9.31. The van der Waals surface area contributed by atoms with E-state index in [9.17, 15) is 0 Å². The van der Waals surface area contributed by atoms with E-state index in [1.165, 1.54) is 0 Å². The molecule has 0 aromatic rings. The van der Waals surface area contributed by atoms with Gasteiger partial charge >= 0.3 is 0 Å². The Morgan fingerprint density at radius 3 is 1.11 bits per heavy atom. The minimum atomic E-state index is -1.10. The van der Waals surface area contributed by atoms with Gasteiger partial charge in [0.15, 0.2) is 0 Å². The lowest BCUT2D eigenvalue weighted by Gasteiger charge is -2.37. The highest BCUT2D eigenvalue weighted by molar-refractivity contribution is 6.60. The van der Waals surface area contributed by atoms with Crippen LogP contribution in [0.25, 0.3) is 0 Å². The Morgan fingerprint density at radius 1 is 0.684 bits per heavy atom. The summed E-state index contributed by atoms with van der Waals surface area (Å²) in [5.41, 5.74) is 0. The monoisotopic (exact) mass is 440 g/mol. The van der Waals surface area contributed by atoms with Gasteiger partial charge in [0, 0.05) is 0 Å². The lowest BCUT2D eigenvalue weighted by Crippen LogP contribution is -2.52. The molecule has 114 valence electrons. The van der Waals surface area contributed by atoms with E-state index in [0.717, 1.165) is 0 Å². The summed E-state index contributed by atoms with van der Waals surface area (Å²) >= 11 is 35.3. The summed E-state index contributed by atoms with van der Waals surface area (Å²) in [6.07, 6.45) is 0. The number of rotatable bonds is 0. The predicted octanol–water partition coefficient (Wildman–Crippen LogP) is 1.54. The van der Waals surface area contributed by atoms with Crippen molar-refractivity contribution in [1.29, 1.82) is 0 Å². The van der Waals surface area contributed by atoms with Crippen LogP contribution in [0, 0.1) is 0 Å². The average Bonchev–Trinajstić information content (AvgIpc) is 2.42. The summed E-state index contributed by atoms with van der Waals surface area (Å²) in [4.78, 5) is 0. The maximum absolute atomic E-state index is 5.88. The molecular formula is C7H14Cl6O3Si3. The zero-order valence-electron chi connectivity index (χ0n) is 9.95. The predicted molar refractivity (Wildman–Crippen MR) is 91.2 cm³/mol. The third-order valence-electron chi connectivity index (χ3n) is 2.60. The van der Waals surface area contributed by atoms with Crippen LogP contribution in [0.1, 0.15) is 0 Å². The molecule has 3 nitrogen and oxygen atoms in total. The quantitative estimate of drug-likeness (QED) is 0.420. The van der Waals surface area contributed by atoms with Crippen LogP contribution < -0.4 is 0 Å². The summed E-state index contributed by atoms with van der Waals surface area (Å²) < 4.78 is 15.3. The molecule has 0 N–H and O–H groups in total. The van der Waals surface area contributed by atoms with Crippen molar-refractivity contribution in [3.63, 3.8) is 0 Å². The Hall–Kier alpha value is 2.27. The molecule has 1 heterocycles. The van der Waals surface area contributed by atoms with E-state index in [1.807, 2.05) is 6.55 Å². The highest BCUT2D eigenvalue weighted by Crippen LogP contribution is 2.39. The van der Waals surface area contributed by atoms with Crippen molar-refractivity contribution in [3.8, 4) is 0 Å². The van der Waals surface area contributed by atoms with Gasteiger partial charge in [-0.2, -0.15) is 0 Å². The number of halogens is 6. The second kappa shape index (κ2) is 9.42. The van der Waals surface area contributed by atoms with E-state index in [-0.39, 0.29) is 0 Å². The molecule has 1 saturated carbocycles. The lowest BCUT2D eigenvalue weighted by atomic mass is 9.97. The van der Waals surface area contributed by atoms with Gasteiger partial charge in [0.25, 0.3) is 29.3 Å². The second-order valence-electron chi connectivity index (χ2n) is 4.01. The molecule has 1 aliphatic carbocycles. The Kier molecular flexibility index (Phi) is 9.58. The number of alkyl halides is 6. The minimum absolute atomic E-state index is 0.437. The standard InChI is InChI=1S/C6H6Cl6.CH8O3Si3/c7-1-2(8)4(10)6(12)5(11)3(1)9;1-7-3-5-2-6-4-7/h1-6H;7H,5-6H2,1H3. The maximum Gasteiger partial charge on any atom is 0.299 e. The summed E-state index contributed by atoms with van der Waals surface area (Å²) in [5.74, 6) is 0. The third-order valence-corrected chi connectivity index (χ3v) is 12.8. The maximum atomic E-state index is 5.88. The molecule has 0 amide bonds. The van der Waals surface area contributed by atoms with Crippen LogP contribution in [-0.4, -0.2) is 61.6 Å². The Bertz CT molecular complexity index is 216. The van der Waals surface area contributed by atoms with Gasteiger partial charge in [0.05, 0.1) is 32.3 Å². The number of hydrogen-bond donors (Lipinski definition) is 0. The molecule has 2 fully saturated rings. The molecule has 2 rings (SSSR count).